The van der Waals surface area contributed by atoms with Crippen LogP contribution in [0.5, 0.6) is 0 Å². The van der Waals surface area contributed by atoms with E-state index in [0.29, 0.717) is 0 Å². The molecular weight excluding hydrogens is 645 g/mol. The summed E-state index contributed by atoms with van der Waals surface area (Å²) in [6.07, 6.45) is 2.38. The molecule has 0 spiro atoms. The van der Waals surface area contributed by atoms with Gasteiger partial charge in [0, 0.05) is 20.2 Å². The number of hydrogen-bond acceptors (Lipinski definition) is 1. The summed E-state index contributed by atoms with van der Waals surface area (Å²) < 4.78 is 2.65. The predicted octanol–water partition coefficient (Wildman–Crippen LogP) is 13.7. The third-order valence-electron chi connectivity index (χ3n) is 10.8. The van der Waals surface area contributed by atoms with Crippen molar-refractivity contribution in [2.24, 2.45) is 0 Å². The van der Waals surface area contributed by atoms with Gasteiger partial charge in [-0.05, 0) is 97.1 Å². The van der Waals surface area contributed by atoms with Crippen LogP contribution in [0.3, 0.4) is 0 Å². The molecular formula is C51H34S. The summed E-state index contributed by atoms with van der Waals surface area (Å²) in [7, 11) is 0. The topological polar surface area (TPSA) is 0 Å². The van der Waals surface area contributed by atoms with Gasteiger partial charge in [0.2, 0.25) is 0 Å². The van der Waals surface area contributed by atoms with Crippen molar-refractivity contribution in [1.82, 2.24) is 0 Å². The van der Waals surface area contributed by atoms with Crippen molar-refractivity contribution < 1.29 is 0 Å². The molecule has 1 heteroatoms. The number of thiophene rings is 1. The highest BCUT2D eigenvalue weighted by molar-refractivity contribution is 7.25. The predicted molar refractivity (Wildman–Crippen MR) is 222 cm³/mol. The Morgan fingerprint density at radius 1 is 0.404 bits per heavy atom. The lowest BCUT2D eigenvalue weighted by Crippen LogP contribution is -2.28. The van der Waals surface area contributed by atoms with Crippen LogP contribution < -0.4 is 0 Å². The Bertz CT molecular complexity index is 2710. The van der Waals surface area contributed by atoms with E-state index in [9.17, 15) is 0 Å². The minimum atomic E-state index is -0.417. The lowest BCUT2D eigenvalue weighted by atomic mass is 9.67. The number of fused-ring (bicyclic) bond motifs is 6. The van der Waals surface area contributed by atoms with Gasteiger partial charge in [-0.25, -0.2) is 0 Å². The molecule has 10 rings (SSSR count). The maximum atomic E-state index is 2.44. The maximum Gasteiger partial charge on any atom is 0.0713 e. The van der Waals surface area contributed by atoms with Crippen molar-refractivity contribution in [2.45, 2.75) is 5.41 Å². The van der Waals surface area contributed by atoms with Gasteiger partial charge in [-0.1, -0.05) is 176 Å². The lowest BCUT2D eigenvalue weighted by Gasteiger charge is -2.33. The van der Waals surface area contributed by atoms with Crippen molar-refractivity contribution >= 4 is 43.2 Å². The van der Waals surface area contributed by atoms with Gasteiger partial charge >= 0.3 is 0 Å². The summed E-state index contributed by atoms with van der Waals surface area (Å²) >= 11 is 1.86. The molecule has 1 aliphatic carbocycles. The van der Waals surface area contributed by atoms with Crippen molar-refractivity contribution in [2.75, 3.05) is 0 Å². The Morgan fingerprint density at radius 3 is 1.73 bits per heavy atom. The molecule has 0 nitrogen and oxygen atoms in total. The number of hydrogen-bond donors (Lipinski definition) is 0. The van der Waals surface area contributed by atoms with Crippen molar-refractivity contribution in [3.8, 4) is 22.3 Å². The van der Waals surface area contributed by atoms with E-state index in [4.69, 9.17) is 0 Å². The maximum absolute atomic E-state index is 2.44. The van der Waals surface area contributed by atoms with Crippen LogP contribution in [-0.2, 0) is 5.41 Å². The monoisotopic (exact) mass is 678 g/mol. The van der Waals surface area contributed by atoms with Gasteiger partial charge in [-0.3, -0.25) is 0 Å². The second kappa shape index (κ2) is 12.5. The average Bonchev–Trinajstić information content (AvgIpc) is 3.74. The van der Waals surface area contributed by atoms with E-state index in [2.05, 4.69) is 206 Å². The molecule has 0 fully saturated rings. The molecule has 0 N–H and O–H groups in total. The molecule has 1 aliphatic rings. The smallest absolute Gasteiger partial charge is 0.0713 e. The summed E-state index contributed by atoms with van der Waals surface area (Å²) in [5.41, 5.74) is 14.6. The molecule has 244 valence electrons. The van der Waals surface area contributed by atoms with Crippen LogP contribution in [0.25, 0.3) is 54.1 Å². The molecule has 0 bridgehead atoms. The van der Waals surface area contributed by atoms with Crippen molar-refractivity contribution in [1.29, 1.82) is 0 Å². The zero-order chi connectivity index (χ0) is 34.5. The van der Waals surface area contributed by atoms with Gasteiger partial charge in [0.1, 0.15) is 0 Å². The molecule has 9 aromatic rings. The Kier molecular flexibility index (Phi) is 7.34. The first-order valence-corrected chi connectivity index (χ1v) is 18.7. The first-order valence-electron chi connectivity index (χ1n) is 17.9. The highest BCUT2D eigenvalue weighted by Gasteiger charge is 2.46. The zero-order valence-electron chi connectivity index (χ0n) is 28.5. The summed E-state index contributed by atoms with van der Waals surface area (Å²) in [5.74, 6) is 0. The van der Waals surface area contributed by atoms with Crippen molar-refractivity contribution in [3.63, 3.8) is 0 Å². The first kappa shape index (κ1) is 30.5. The van der Waals surface area contributed by atoms with Crippen LogP contribution in [-0.4, -0.2) is 0 Å². The standard InChI is InChI=1S/C51H34S/c1-4-14-36(15-5-1)37-25-27-38(28-26-37)44(32-35-24-31-50-46(33-35)43-21-11-13-23-49(43)52-50)39-29-30-48-45(34-39)42-20-10-12-22-47(42)51(48,40-16-6-2-7-17-40)41-18-8-3-9-19-41/h1-34H/b44-32+. The molecule has 8 aromatic carbocycles. The van der Waals surface area contributed by atoms with E-state index in [0.717, 1.165) is 0 Å². The van der Waals surface area contributed by atoms with E-state index in [1.165, 1.54) is 86.9 Å². The van der Waals surface area contributed by atoms with Gasteiger partial charge in [-0.2, -0.15) is 0 Å². The molecule has 0 saturated heterocycles. The van der Waals surface area contributed by atoms with Crippen LogP contribution in [0.2, 0.25) is 0 Å². The fourth-order valence-electron chi connectivity index (χ4n) is 8.42. The van der Waals surface area contributed by atoms with E-state index in [-0.39, 0.29) is 0 Å². The van der Waals surface area contributed by atoms with Crippen LogP contribution in [0.4, 0.5) is 0 Å². The van der Waals surface area contributed by atoms with Gasteiger partial charge in [0.05, 0.1) is 5.41 Å². The van der Waals surface area contributed by atoms with E-state index in [1.54, 1.807) is 0 Å². The Balaban J connectivity index is 1.19. The second-order valence-electron chi connectivity index (χ2n) is 13.6. The third kappa shape index (κ3) is 4.89. The fourth-order valence-corrected chi connectivity index (χ4v) is 9.51. The molecule has 52 heavy (non-hydrogen) atoms. The van der Waals surface area contributed by atoms with Gasteiger partial charge in [-0.15, -0.1) is 11.3 Å². The Hall–Kier alpha value is -6.28. The summed E-state index contributed by atoms with van der Waals surface area (Å²) in [5, 5.41) is 2.63. The van der Waals surface area contributed by atoms with Crippen LogP contribution in [0.15, 0.2) is 200 Å². The van der Waals surface area contributed by atoms with Gasteiger partial charge in [0.25, 0.3) is 0 Å². The Morgan fingerprint density at radius 2 is 0.981 bits per heavy atom. The fraction of sp³-hybridized carbons (Fsp3) is 0.0196. The van der Waals surface area contributed by atoms with E-state index >= 15 is 0 Å². The Labute approximate surface area is 308 Å². The van der Waals surface area contributed by atoms with Gasteiger partial charge in [0.15, 0.2) is 0 Å². The van der Waals surface area contributed by atoms with Crippen molar-refractivity contribution in [3.05, 3.63) is 239 Å². The molecule has 0 amide bonds. The molecule has 0 saturated carbocycles. The summed E-state index contributed by atoms with van der Waals surface area (Å²) in [4.78, 5) is 0. The quantitative estimate of drug-likeness (QED) is 0.154. The number of rotatable bonds is 6. The minimum Gasteiger partial charge on any atom is -0.135 e. The first-order chi connectivity index (χ1) is 25.8. The molecule has 1 heterocycles. The highest BCUT2D eigenvalue weighted by Crippen LogP contribution is 2.56. The molecule has 0 aliphatic heterocycles. The van der Waals surface area contributed by atoms with E-state index < -0.39 is 5.41 Å². The summed E-state index contributed by atoms with van der Waals surface area (Å²) in [6, 6.07) is 73.6. The number of benzene rings is 8. The minimum absolute atomic E-state index is 0.417. The molecule has 0 unspecified atom stereocenters. The molecule has 0 atom stereocenters. The molecule has 0 radical (unpaired) electrons. The SMILES string of the molecule is C(=C(/c1ccc(-c2ccccc2)cc1)c1ccc2c(c1)-c1ccccc1C2(c1ccccc1)c1ccccc1)/c1ccc2sc3ccccc3c2c1. The molecule has 1 aromatic heterocycles. The highest BCUT2D eigenvalue weighted by atomic mass is 32.1. The van der Waals surface area contributed by atoms with Crippen LogP contribution in [0, 0.1) is 0 Å². The largest absolute Gasteiger partial charge is 0.135 e. The second-order valence-corrected chi connectivity index (χ2v) is 14.7. The van der Waals surface area contributed by atoms with Gasteiger partial charge < -0.3 is 0 Å². The normalized spacial score (nSPS) is 13.3. The average molecular weight is 679 g/mol. The van der Waals surface area contributed by atoms with E-state index in [1.807, 2.05) is 11.3 Å². The third-order valence-corrected chi connectivity index (χ3v) is 11.9. The zero-order valence-corrected chi connectivity index (χ0v) is 29.4. The van der Waals surface area contributed by atoms with Crippen LogP contribution in [0.1, 0.15) is 38.9 Å². The lowest BCUT2D eigenvalue weighted by molar-refractivity contribution is 0.768. The summed E-state index contributed by atoms with van der Waals surface area (Å²) in [6.45, 7) is 0. The van der Waals surface area contributed by atoms with Crippen LogP contribution >= 0.6 is 11.3 Å².